The van der Waals surface area contributed by atoms with Crippen LogP contribution in [0.15, 0.2) is 29.2 Å². The normalized spacial score (nSPS) is 22.8. The van der Waals surface area contributed by atoms with E-state index < -0.39 is 9.84 Å². The molecule has 0 aromatic heterocycles. The Morgan fingerprint density at radius 2 is 2.10 bits per heavy atom. The van der Waals surface area contributed by atoms with Crippen LogP contribution in [0, 0.1) is 5.92 Å². The minimum Gasteiger partial charge on any atom is -0.327 e. The Kier molecular flexibility index (Phi) is 5.00. The summed E-state index contributed by atoms with van der Waals surface area (Å²) in [5.41, 5.74) is 0.370. The van der Waals surface area contributed by atoms with Crippen molar-refractivity contribution in [2.45, 2.75) is 24.7 Å². The highest BCUT2D eigenvalue weighted by molar-refractivity contribution is 7.90. The first-order chi connectivity index (χ1) is 9.86. The van der Waals surface area contributed by atoms with Crippen LogP contribution in [0.1, 0.15) is 19.8 Å². The highest BCUT2D eigenvalue weighted by Crippen LogP contribution is 2.20. The number of hydrogen-bond acceptors (Lipinski definition) is 3. The Balaban J connectivity index is 2.03. The van der Waals surface area contributed by atoms with Gasteiger partial charge in [-0.05, 0) is 25.0 Å². The van der Waals surface area contributed by atoms with E-state index in [0.29, 0.717) is 18.2 Å². The maximum absolute atomic E-state index is 12.1. The van der Waals surface area contributed by atoms with Crippen LogP contribution < -0.4 is 10.2 Å². The molecule has 1 amide bonds. The molecule has 2 atom stereocenters. The van der Waals surface area contributed by atoms with E-state index in [0.717, 1.165) is 25.8 Å². The molecule has 1 aromatic carbocycles. The van der Waals surface area contributed by atoms with Gasteiger partial charge in [-0.25, -0.2) is 8.42 Å². The number of hydrogen-bond donors (Lipinski definition) is 2. The smallest absolute Gasteiger partial charge is 0.279 e. The van der Waals surface area contributed by atoms with Gasteiger partial charge in [-0.15, -0.1) is 0 Å². The molecular formula is C15H23N2O3S+. The van der Waals surface area contributed by atoms with Gasteiger partial charge in [-0.2, -0.15) is 0 Å². The largest absolute Gasteiger partial charge is 0.327 e. The summed E-state index contributed by atoms with van der Waals surface area (Å²) in [6.07, 6.45) is 3.52. The number of amides is 1. The molecule has 1 aliphatic rings. The summed E-state index contributed by atoms with van der Waals surface area (Å²) in [6, 6.07) is 6.52. The quantitative estimate of drug-likeness (QED) is 0.843. The van der Waals surface area contributed by atoms with Crippen molar-refractivity contribution in [3.8, 4) is 0 Å². The standard InChI is InChI=1S/C15H22N2O3S/c1-12-6-5-9-17(10-12)11-15(18)16-13-7-3-4-8-14(13)21(2,19)20/h3-4,7-8,12H,5-6,9-11H2,1-2H3,(H,16,18)/p+1/t12-/m1/s1. The monoisotopic (exact) mass is 311 g/mol. The molecule has 2 N–H and O–H groups in total. The summed E-state index contributed by atoms with van der Waals surface area (Å²) >= 11 is 0. The highest BCUT2D eigenvalue weighted by atomic mass is 32.2. The lowest BCUT2D eigenvalue weighted by Gasteiger charge is -2.27. The van der Waals surface area contributed by atoms with Crippen LogP contribution in [0.5, 0.6) is 0 Å². The molecular weight excluding hydrogens is 288 g/mol. The minimum absolute atomic E-state index is 0.129. The fraction of sp³-hybridized carbons (Fsp3) is 0.533. The third-order valence-corrected chi connectivity index (χ3v) is 4.99. The van der Waals surface area contributed by atoms with Crippen molar-refractivity contribution in [1.82, 2.24) is 0 Å². The molecule has 0 spiro atoms. The van der Waals surface area contributed by atoms with Crippen molar-refractivity contribution < 1.29 is 18.1 Å². The number of para-hydroxylation sites is 1. The lowest BCUT2D eigenvalue weighted by Crippen LogP contribution is -3.14. The van der Waals surface area contributed by atoms with E-state index in [2.05, 4.69) is 12.2 Å². The molecule has 1 fully saturated rings. The fourth-order valence-corrected chi connectivity index (χ4v) is 3.72. The Hall–Kier alpha value is -1.40. The molecule has 0 saturated carbocycles. The van der Waals surface area contributed by atoms with Gasteiger partial charge < -0.3 is 10.2 Å². The predicted molar refractivity (Wildman–Crippen MR) is 82.1 cm³/mol. The topological polar surface area (TPSA) is 67.7 Å². The Morgan fingerprint density at radius 1 is 1.38 bits per heavy atom. The Bertz CT molecular complexity index is 613. The molecule has 1 aliphatic heterocycles. The van der Waals surface area contributed by atoms with Crippen LogP contribution in [0.25, 0.3) is 0 Å². The minimum atomic E-state index is -3.34. The van der Waals surface area contributed by atoms with E-state index in [-0.39, 0.29) is 10.8 Å². The van der Waals surface area contributed by atoms with Gasteiger partial charge >= 0.3 is 0 Å². The Labute approximate surface area is 126 Å². The molecule has 1 saturated heterocycles. The second kappa shape index (κ2) is 6.58. The van der Waals surface area contributed by atoms with Crippen LogP contribution >= 0.6 is 0 Å². The second-order valence-corrected chi connectivity index (χ2v) is 7.93. The van der Waals surface area contributed by atoms with Crippen LogP contribution in [-0.4, -0.2) is 40.2 Å². The molecule has 5 nitrogen and oxygen atoms in total. The molecule has 116 valence electrons. The van der Waals surface area contributed by atoms with Crippen molar-refractivity contribution in [1.29, 1.82) is 0 Å². The summed E-state index contributed by atoms with van der Waals surface area (Å²) in [5.74, 6) is 0.514. The highest BCUT2D eigenvalue weighted by Gasteiger charge is 2.23. The number of carbonyl (C=O) groups excluding carboxylic acids is 1. The third kappa shape index (κ3) is 4.54. The first kappa shape index (κ1) is 16.0. The lowest BCUT2D eigenvalue weighted by molar-refractivity contribution is -0.900. The molecule has 2 rings (SSSR count). The van der Waals surface area contributed by atoms with Gasteiger partial charge in [0, 0.05) is 12.2 Å². The summed E-state index contributed by atoms with van der Waals surface area (Å²) in [5, 5.41) is 2.74. The fourth-order valence-electron chi connectivity index (χ4n) is 2.87. The van der Waals surface area contributed by atoms with Crippen molar-refractivity contribution in [2.24, 2.45) is 5.92 Å². The molecule has 0 radical (unpaired) electrons. The summed E-state index contributed by atoms with van der Waals surface area (Å²) in [4.78, 5) is 13.6. The van der Waals surface area contributed by atoms with Crippen LogP contribution in [-0.2, 0) is 14.6 Å². The number of nitrogens with one attached hydrogen (secondary N) is 2. The molecule has 6 heteroatoms. The zero-order valence-electron chi connectivity index (χ0n) is 12.6. The number of rotatable bonds is 4. The van der Waals surface area contributed by atoms with Crippen molar-refractivity contribution in [3.05, 3.63) is 24.3 Å². The van der Waals surface area contributed by atoms with Crippen molar-refractivity contribution in [2.75, 3.05) is 31.2 Å². The third-order valence-electron chi connectivity index (χ3n) is 3.84. The van der Waals surface area contributed by atoms with Crippen LogP contribution in [0.2, 0.25) is 0 Å². The van der Waals surface area contributed by atoms with E-state index in [1.54, 1.807) is 18.2 Å². The average Bonchev–Trinajstić information content (AvgIpc) is 2.37. The number of carbonyl (C=O) groups is 1. The molecule has 1 aromatic rings. The maximum Gasteiger partial charge on any atom is 0.279 e. The van der Waals surface area contributed by atoms with E-state index in [1.807, 2.05) is 0 Å². The zero-order valence-corrected chi connectivity index (χ0v) is 13.4. The van der Waals surface area contributed by atoms with Gasteiger partial charge in [0.25, 0.3) is 5.91 Å². The average molecular weight is 311 g/mol. The van der Waals surface area contributed by atoms with Crippen molar-refractivity contribution >= 4 is 21.4 Å². The zero-order chi connectivity index (χ0) is 15.5. The first-order valence-corrected chi connectivity index (χ1v) is 9.18. The number of likely N-dealkylation sites (tertiary alicyclic amines) is 1. The summed E-state index contributed by atoms with van der Waals surface area (Å²) in [7, 11) is -3.34. The number of benzene rings is 1. The number of anilines is 1. The van der Waals surface area contributed by atoms with Gasteiger partial charge in [-0.3, -0.25) is 4.79 Å². The summed E-state index contributed by atoms with van der Waals surface area (Å²) in [6.45, 7) is 4.60. The molecule has 1 heterocycles. The van der Waals surface area contributed by atoms with Gasteiger partial charge in [0.15, 0.2) is 16.4 Å². The second-order valence-electron chi connectivity index (χ2n) is 5.94. The predicted octanol–water partition coefficient (Wildman–Crippen LogP) is 0.343. The van der Waals surface area contributed by atoms with E-state index >= 15 is 0 Å². The summed E-state index contributed by atoms with van der Waals surface area (Å²) < 4.78 is 23.4. The van der Waals surface area contributed by atoms with E-state index in [4.69, 9.17) is 0 Å². The maximum atomic E-state index is 12.1. The number of piperidine rings is 1. The molecule has 0 bridgehead atoms. The molecule has 21 heavy (non-hydrogen) atoms. The molecule has 1 unspecified atom stereocenters. The van der Waals surface area contributed by atoms with Crippen LogP contribution in [0.4, 0.5) is 5.69 Å². The lowest BCUT2D eigenvalue weighted by atomic mass is 10.0. The van der Waals surface area contributed by atoms with E-state index in [1.165, 1.54) is 17.4 Å². The molecule has 0 aliphatic carbocycles. The first-order valence-electron chi connectivity index (χ1n) is 7.29. The van der Waals surface area contributed by atoms with Gasteiger partial charge in [0.05, 0.1) is 23.7 Å². The van der Waals surface area contributed by atoms with Gasteiger partial charge in [0.2, 0.25) is 0 Å². The van der Waals surface area contributed by atoms with Crippen molar-refractivity contribution in [3.63, 3.8) is 0 Å². The van der Waals surface area contributed by atoms with Gasteiger partial charge in [0.1, 0.15) is 0 Å². The number of sulfone groups is 1. The Morgan fingerprint density at radius 3 is 2.76 bits per heavy atom. The van der Waals surface area contributed by atoms with Gasteiger partial charge in [-0.1, -0.05) is 19.1 Å². The van der Waals surface area contributed by atoms with E-state index in [9.17, 15) is 13.2 Å². The SMILES string of the molecule is C[C@@H]1CCC[NH+](CC(=O)Nc2ccccc2S(C)(=O)=O)C1. The van der Waals surface area contributed by atoms with Crippen LogP contribution in [0.3, 0.4) is 0 Å². The number of quaternary nitrogens is 1.